The molecule has 1 unspecified atom stereocenters. The predicted octanol–water partition coefficient (Wildman–Crippen LogP) is 2.09. The molecule has 2 fully saturated rings. The highest BCUT2D eigenvalue weighted by molar-refractivity contribution is 5.39. The van der Waals surface area contributed by atoms with Gasteiger partial charge in [0.1, 0.15) is 5.82 Å². The normalized spacial score (nSPS) is 24.9. The molecule has 2 heterocycles. The summed E-state index contributed by atoms with van der Waals surface area (Å²) in [4.78, 5) is 11.4. The van der Waals surface area contributed by atoms with Gasteiger partial charge in [-0.1, -0.05) is 12.8 Å². The van der Waals surface area contributed by atoms with Crippen molar-refractivity contribution < 1.29 is 0 Å². The highest BCUT2D eigenvalue weighted by atomic mass is 15.2. The Balaban J connectivity index is 1.76. The minimum atomic E-state index is 0.472. The number of rotatable bonds is 3. The molecule has 4 nitrogen and oxygen atoms in total. The minimum absolute atomic E-state index is 0.472. The van der Waals surface area contributed by atoms with Crippen molar-refractivity contribution in [2.45, 2.75) is 51.1 Å². The van der Waals surface area contributed by atoms with Gasteiger partial charge in [-0.25, -0.2) is 4.98 Å². The number of hydrogen-bond donors (Lipinski definition) is 1. The number of anilines is 1. The molecular weight excluding hydrogens is 224 g/mol. The molecule has 1 aromatic rings. The van der Waals surface area contributed by atoms with E-state index < -0.39 is 0 Å². The van der Waals surface area contributed by atoms with E-state index in [0.29, 0.717) is 12.6 Å². The van der Waals surface area contributed by atoms with Gasteiger partial charge in [0.05, 0.1) is 18.1 Å². The Morgan fingerprint density at radius 3 is 2.61 bits per heavy atom. The summed E-state index contributed by atoms with van der Waals surface area (Å²) in [5.41, 5.74) is 6.43. The first-order valence-electron chi connectivity index (χ1n) is 7.16. The fraction of sp³-hybridized carbons (Fsp3) is 0.714. The number of hydrogen-bond acceptors (Lipinski definition) is 4. The van der Waals surface area contributed by atoms with Crippen molar-refractivity contribution in [1.29, 1.82) is 0 Å². The van der Waals surface area contributed by atoms with Gasteiger partial charge in [-0.3, -0.25) is 4.98 Å². The summed E-state index contributed by atoms with van der Waals surface area (Å²) in [6.07, 6.45) is 12.0. The van der Waals surface area contributed by atoms with Gasteiger partial charge in [0.25, 0.3) is 0 Å². The molecule has 4 heteroatoms. The van der Waals surface area contributed by atoms with Crippen molar-refractivity contribution in [3.63, 3.8) is 0 Å². The maximum atomic E-state index is 5.56. The molecule has 3 rings (SSSR count). The summed E-state index contributed by atoms with van der Waals surface area (Å²) in [5, 5.41) is 0. The quantitative estimate of drug-likeness (QED) is 0.887. The van der Waals surface area contributed by atoms with Crippen molar-refractivity contribution in [1.82, 2.24) is 9.97 Å². The van der Waals surface area contributed by atoms with Gasteiger partial charge in [-0.2, -0.15) is 0 Å². The number of aromatic nitrogens is 2. The van der Waals surface area contributed by atoms with E-state index in [0.717, 1.165) is 24.0 Å². The third-order valence-corrected chi connectivity index (χ3v) is 4.44. The lowest BCUT2D eigenvalue weighted by Gasteiger charge is -2.30. The molecule has 18 heavy (non-hydrogen) atoms. The molecule has 0 bridgehead atoms. The fourth-order valence-corrected chi connectivity index (χ4v) is 3.51. The van der Waals surface area contributed by atoms with Crippen LogP contribution in [0.5, 0.6) is 0 Å². The van der Waals surface area contributed by atoms with Crippen LogP contribution in [0, 0.1) is 5.92 Å². The molecule has 2 aliphatic rings. The lowest BCUT2D eigenvalue weighted by molar-refractivity contribution is 0.429. The summed E-state index contributed by atoms with van der Waals surface area (Å²) in [6.45, 7) is 1.61. The second kappa shape index (κ2) is 5.22. The zero-order valence-electron chi connectivity index (χ0n) is 10.9. The molecule has 0 spiro atoms. The van der Waals surface area contributed by atoms with E-state index in [1.54, 1.807) is 0 Å². The van der Waals surface area contributed by atoms with Crippen molar-refractivity contribution in [2.24, 2.45) is 11.7 Å². The lowest BCUT2D eigenvalue weighted by atomic mass is 9.96. The van der Waals surface area contributed by atoms with Crippen LogP contribution in [0.2, 0.25) is 0 Å². The molecule has 98 valence electrons. The minimum Gasteiger partial charge on any atom is -0.352 e. The third kappa shape index (κ3) is 2.21. The van der Waals surface area contributed by atoms with Crippen LogP contribution in [0.4, 0.5) is 5.82 Å². The van der Waals surface area contributed by atoms with Gasteiger partial charge in [0.2, 0.25) is 0 Å². The predicted molar refractivity (Wildman–Crippen MR) is 72.2 cm³/mol. The van der Waals surface area contributed by atoms with E-state index >= 15 is 0 Å². The topological polar surface area (TPSA) is 55.0 Å². The SMILES string of the molecule is NCc1cnc(N2CCCC2C2CCCC2)cn1. The van der Waals surface area contributed by atoms with Crippen LogP contribution in [-0.4, -0.2) is 22.6 Å². The molecule has 0 aromatic carbocycles. The Morgan fingerprint density at radius 2 is 1.94 bits per heavy atom. The molecule has 0 radical (unpaired) electrons. The second-order valence-corrected chi connectivity index (χ2v) is 5.52. The summed E-state index contributed by atoms with van der Waals surface area (Å²) in [7, 11) is 0. The van der Waals surface area contributed by atoms with Gasteiger partial charge in [-0.05, 0) is 31.6 Å². The Kier molecular flexibility index (Phi) is 3.46. The van der Waals surface area contributed by atoms with Crippen molar-refractivity contribution in [3.05, 3.63) is 18.1 Å². The van der Waals surface area contributed by atoms with Gasteiger partial charge in [-0.15, -0.1) is 0 Å². The fourth-order valence-electron chi connectivity index (χ4n) is 3.51. The van der Waals surface area contributed by atoms with Gasteiger partial charge >= 0.3 is 0 Å². The van der Waals surface area contributed by atoms with Crippen molar-refractivity contribution >= 4 is 5.82 Å². The summed E-state index contributed by atoms with van der Waals surface area (Å²) >= 11 is 0. The average molecular weight is 246 g/mol. The van der Waals surface area contributed by atoms with Crippen LogP contribution in [0.15, 0.2) is 12.4 Å². The molecule has 1 aromatic heterocycles. The van der Waals surface area contributed by atoms with E-state index in [-0.39, 0.29) is 0 Å². The molecular formula is C14H22N4. The third-order valence-electron chi connectivity index (χ3n) is 4.44. The van der Waals surface area contributed by atoms with E-state index in [1.165, 1.54) is 38.5 Å². The van der Waals surface area contributed by atoms with Crippen molar-refractivity contribution in [2.75, 3.05) is 11.4 Å². The molecule has 2 N–H and O–H groups in total. The summed E-state index contributed by atoms with van der Waals surface area (Å²) in [6, 6.07) is 0.700. The standard InChI is InChI=1S/C14H22N4/c15-8-12-9-17-14(10-16-12)18-7-3-6-13(18)11-4-1-2-5-11/h9-11,13H,1-8,15H2. The van der Waals surface area contributed by atoms with Gasteiger partial charge in [0, 0.05) is 19.1 Å². The largest absolute Gasteiger partial charge is 0.352 e. The Morgan fingerprint density at radius 1 is 1.11 bits per heavy atom. The molecule has 1 aliphatic heterocycles. The van der Waals surface area contributed by atoms with Crippen LogP contribution in [0.1, 0.15) is 44.2 Å². The van der Waals surface area contributed by atoms with Gasteiger partial charge in [0.15, 0.2) is 0 Å². The maximum Gasteiger partial charge on any atom is 0.147 e. The molecule has 1 atom stereocenters. The molecule has 0 amide bonds. The smallest absolute Gasteiger partial charge is 0.147 e. The monoisotopic (exact) mass is 246 g/mol. The van der Waals surface area contributed by atoms with E-state index in [2.05, 4.69) is 14.9 Å². The van der Waals surface area contributed by atoms with Crippen LogP contribution in [0.25, 0.3) is 0 Å². The van der Waals surface area contributed by atoms with Gasteiger partial charge < -0.3 is 10.6 Å². The van der Waals surface area contributed by atoms with E-state index in [4.69, 9.17) is 5.73 Å². The Bertz CT molecular complexity index is 383. The van der Waals surface area contributed by atoms with Crippen LogP contribution < -0.4 is 10.6 Å². The number of nitrogens with zero attached hydrogens (tertiary/aromatic N) is 3. The molecule has 1 aliphatic carbocycles. The zero-order chi connectivity index (χ0) is 12.4. The first kappa shape index (κ1) is 11.9. The summed E-state index contributed by atoms with van der Waals surface area (Å²) in [5.74, 6) is 1.92. The van der Waals surface area contributed by atoms with Crippen molar-refractivity contribution in [3.8, 4) is 0 Å². The van der Waals surface area contributed by atoms with Crippen LogP contribution in [-0.2, 0) is 6.54 Å². The van der Waals surface area contributed by atoms with E-state index in [9.17, 15) is 0 Å². The van der Waals surface area contributed by atoms with Crippen LogP contribution >= 0.6 is 0 Å². The highest BCUT2D eigenvalue weighted by Gasteiger charge is 2.33. The summed E-state index contributed by atoms with van der Waals surface area (Å²) < 4.78 is 0. The molecule has 1 saturated carbocycles. The Hall–Kier alpha value is -1.16. The lowest BCUT2D eigenvalue weighted by Crippen LogP contribution is -2.35. The second-order valence-electron chi connectivity index (χ2n) is 5.52. The molecule has 1 saturated heterocycles. The maximum absolute atomic E-state index is 5.56. The first-order chi connectivity index (χ1) is 8.88. The highest BCUT2D eigenvalue weighted by Crippen LogP contribution is 2.36. The zero-order valence-corrected chi connectivity index (χ0v) is 10.9. The number of nitrogens with two attached hydrogens (primary N) is 1. The Labute approximate surface area is 109 Å². The average Bonchev–Trinajstić information content (AvgIpc) is 3.09. The van der Waals surface area contributed by atoms with Crippen LogP contribution in [0.3, 0.4) is 0 Å². The first-order valence-corrected chi connectivity index (χ1v) is 7.16. The van der Waals surface area contributed by atoms with E-state index in [1.807, 2.05) is 12.4 Å².